The standard InChI is InChI=1S/C11H15NO4S.CH4/c1-8(2)10(11(13)14)12-17(15,16)9-6-4-3-5-7-9;/h3-8,10,12H,1-2H3,(H,13,14);1H4/t10-;/m0./s1. The highest BCUT2D eigenvalue weighted by molar-refractivity contribution is 7.89. The number of rotatable bonds is 5. The van der Waals surface area contributed by atoms with Crippen molar-refractivity contribution < 1.29 is 18.3 Å². The molecule has 0 heterocycles. The van der Waals surface area contributed by atoms with Crippen molar-refractivity contribution in [3.05, 3.63) is 30.3 Å². The van der Waals surface area contributed by atoms with Crippen molar-refractivity contribution in [3.8, 4) is 0 Å². The molecular formula is C12H19NO4S. The van der Waals surface area contributed by atoms with Gasteiger partial charge in [0.25, 0.3) is 0 Å². The smallest absolute Gasteiger partial charge is 0.322 e. The molecule has 0 bridgehead atoms. The monoisotopic (exact) mass is 273 g/mol. The van der Waals surface area contributed by atoms with Crippen molar-refractivity contribution in [1.29, 1.82) is 0 Å². The third-order valence-corrected chi connectivity index (χ3v) is 3.73. The first-order valence-electron chi connectivity index (χ1n) is 5.15. The molecule has 1 aromatic carbocycles. The maximum atomic E-state index is 11.9. The number of aliphatic carboxylic acids is 1. The average molecular weight is 273 g/mol. The van der Waals surface area contributed by atoms with Gasteiger partial charge in [0.2, 0.25) is 10.0 Å². The Labute approximate surface area is 108 Å². The van der Waals surface area contributed by atoms with Crippen molar-refractivity contribution >= 4 is 16.0 Å². The summed E-state index contributed by atoms with van der Waals surface area (Å²) in [5, 5.41) is 8.93. The molecule has 0 unspecified atom stereocenters. The van der Waals surface area contributed by atoms with Gasteiger partial charge in [0.1, 0.15) is 6.04 Å². The number of carbonyl (C=O) groups is 1. The predicted octanol–water partition coefficient (Wildman–Crippen LogP) is 1.71. The Balaban J connectivity index is 0.00000289. The zero-order valence-corrected chi connectivity index (χ0v) is 10.4. The van der Waals surface area contributed by atoms with Gasteiger partial charge in [-0.25, -0.2) is 8.42 Å². The van der Waals surface area contributed by atoms with Crippen molar-refractivity contribution in [1.82, 2.24) is 4.72 Å². The number of nitrogens with one attached hydrogen (secondary N) is 1. The summed E-state index contributed by atoms with van der Waals surface area (Å²) in [4.78, 5) is 11.0. The molecule has 0 fully saturated rings. The maximum Gasteiger partial charge on any atom is 0.322 e. The largest absolute Gasteiger partial charge is 0.480 e. The first-order chi connectivity index (χ1) is 7.84. The van der Waals surface area contributed by atoms with Crippen LogP contribution in [0.25, 0.3) is 0 Å². The molecule has 6 heteroatoms. The van der Waals surface area contributed by atoms with Gasteiger partial charge in [0.05, 0.1) is 4.90 Å². The van der Waals surface area contributed by atoms with Gasteiger partial charge >= 0.3 is 5.97 Å². The van der Waals surface area contributed by atoms with Crippen LogP contribution >= 0.6 is 0 Å². The normalized spacial score (nSPS) is 12.8. The lowest BCUT2D eigenvalue weighted by Gasteiger charge is -2.17. The van der Waals surface area contributed by atoms with Crippen molar-refractivity contribution in [2.24, 2.45) is 5.92 Å². The Morgan fingerprint density at radius 2 is 1.72 bits per heavy atom. The van der Waals surface area contributed by atoms with Gasteiger partial charge in [-0.15, -0.1) is 0 Å². The minimum absolute atomic E-state index is 0. The van der Waals surface area contributed by atoms with Crippen LogP contribution in [-0.4, -0.2) is 25.5 Å². The molecule has 2 N–H and O–H groups in total. The third kappa shape index (κ3) is 4.12. The van der Waals surface area contributed by atoms with E-state index in [2.05, 4.69) is 4.72 Å². The molecule has 5 nitrogen and oxygen atoms in total. The lowest BCUT2D eigenvalue weighted by Crippen LogP contribution is -2.44. The maximum absolute atomic E-state index is 11.9. The van der Waals surface area contributed by atoms with Crippen LogP contribution in [0.3, 0.4) is 0 Å². The Kier molecular flexibility index (Phi) is 6.00. The van der Waals surface area contributed by atoms with E-state index in [1.165, 1.54) is 12.1 Å². The molecule has 0 saturated heterocycles. The number of hydrogen-bond acceptors (Lipinski definition) is 3. The summed E-state index contributed by atoms with van der Waals surface area (Å²) in [6.45, 7) is 3.29. The summed E-state index contributed by atoms with van der Waals surface area (Å²) in [6.07, 6.45) is 0. The number of benzene rings is 1. The van der Waals surface area contributed by atoms with E-state index in [4.69, 9.17) is 5.11 Å². The van der Waals surface area contributed by atoms with Gasteiger partial charge in [0.15, 0.2) is 0 Å². The van der Waals surface area contributed by atoms with E-state index in [1.807, 2.05) is 0 Å². The van der Waals surface area contributed by atoms with Gasteiger partial charge in [-0.3, -0.25) is 4.79 Å². The highest BCUT2D eigenvalue weighted by atomic mass is 32.2. The van der Waals surface area contributed by atoms with Crippen molar-refractivity contribution in [2.75, 3.05) is 0 Å². The summed E-state index contributed by atoms with van der Waals surface area (Å²) in [7, 11) is -3.78. The van der Waals surface area contributed by atoms with Crippen molar-refractivity contribution in [2.45, 2.75) is 32.2 Å². The van der Waals surface area contributed by atoms with Crippen LogP contribution in [-0.2, 0) is 14.8 Å². The molecule has 1 rings (SSSR count). The number of sulfonamides is 1. The molecule has 18 heavy (non-hydrogen) atoms. The number of hydrogen-bond donors (Lipinski definition) is 2. The van der Waals surface area contributed by atoms with Gasteiger partial charge in [-0.1, -0.05) is 39.5 Å². The van der Waals surface area contributed by atoms with Crippen LogP contribution in [0.1, 0.15) is 21.3 Å². The minimum Gasteiger partial charge on any atom is -0.480 e. The van der Waals surface area contributed by atoms with Crippen LogP contribution < -0.4 is 4.72 Å². The fourth-order valence-electron chi connectivity index (χ4n) is 1.31. The molecule has 1 atom stereocenters. The Hall–Kier alpha value is -1.40. The number of carboxylic acid groups (broad SMARTS) is 1. The Bertz CT molecular complexity index is 482. The topological polar surface area (TPSA) is 83.5 Å². The molecular weight excluding hydrogens is 254 g/mol. The fourth-order valence-corrected chi connectivity index (χ4v) is 2.67. The Morgan fingerprint density at radius 1 is 1.22 bits per heavy atom. The van der Waals surface area contributed by atoms with E-state index in [-0.39, 0.29) is 18.2 Å². The molecule has 0 aromatic heterocycles. The predicted molar refractivity (Wildman–Crippen MR) is 69.8 cm³/mol. The van der Waals surface area contributed by atoms with Crippen LogP contribution in [0.15, 0.2) is 35.2 Å². The van der Waals surface area contributed by atoms with Gasteiger partial charge in [-0.05, 0) is 18.1 Å². The molecule has 0 radical (unpaired) electrons. The zero-order valence-electron chi connectivity index (χ0n) is 9.62. The highest BCUT2D eigenvalue weighted by Crippen LogP contribution is 2.11. The van der Waals surface area contributed by atoms with E-state index in [1.54, 1.807) is 32.0 Å². The van der Waals surface area contributed by atoms with E-state index in [0.29, 0.717) is 0 Å². The molecule has 0 aliphatic carbocycles. The third-order valence-electron chi connectivity index (χ3n) is 2.27. The quantitative estimate of drug-likeness (QED) is 0.855. The average Bonchev–Trinajstić information content (AvgIpc) is 2.26. The van der Waals surface area contributed by atoms with Gasteiger partial charge in [-0.2, -0.15) is 4.72 Å². The SMILES string of the molecule is C.CC(C)[C@H](NS(=O)(=O)c1ccccc1)C(=O)O. The summed E-state index contributed by atoms with van der Waals surface area (Å²) >= 11 is 0. The van der Waals surface area contributed by atoms with E-state index >= 15 is 0 Å². The van der Waals surface area contributed by atoms with Crippen LogP contribution in [0.2, 0.25) is 0 Å². The Morgan fingerprint density at radius 3 is 2.11 bits per heavy atom. The van der Waals surface area contributed by atoms with Crippen LogP contribution in [0.4, 0.5) is 0 Å². The molecule has 0 aliphatic rings. The van der Waals surface area contributed by atoms with E-state index in [0.717, 1.165) is 0 Å². The molecule has 0 saturated carbocycles. The second-order valence-electron chi connectivity index (χ2n) is 3.99. The molecule has 0 aliphatic heterocycles. The van der Waals surface area contributed by atoms with Crippen molar-refractivity contribution in [3.63, 3.8) is 0 Å². The minimum atomic E-state index is -3.78. The second kappa shape index (κ2) is 6.51. The number of carboxylic acids is 1. The molecule has 0 spiro atoms. The van der Waals surface area contributed by atoms with E-state index in [9.17, 15) is 13.2 Å². The van der Waals surface area contributed by atoms with Crippen LogP contribution in [0.5, 0.6) is 0 Å². The van der Waals surface area contributed by atoms with Gasteiger partial charge in [0, 0.05) is 0 Å². The highest BCUT2D eigenvalue weighted by Gasteiger charge is 2.27. The lowest BCUT2D eigenvalue weighted by molar-refractivity contribution is -0.140. The molecule has 0 amide bonds. The fraction of sp³-hybridized carbons (Fsp3) is 0.417. The summed E-state index contributed by atoms with van der Waals surface area (Å²) in [5.41, 5.74) is 0. The van der Waals surface area contributed by atoms with Crippen LogP contribution in [0, 0.1) is 5.92 Å². The zero-order chi connectivity index (χ0) is 13.1. The lowest BCUT2D eigenvalue weighted by atomic mass is 10.1. The molecule has 1 aromatic rings. The summed E-state index contributed by atoms with van der Waals surface area (Å²) in [5.74, 6) is -1.51. The first kappa shape index (κ1) is 16.6. The second-order valence-corrected chi connectivity index (χ2v) is 5.71. The summed E-state index contributed by atoms with van der Waals surface area (Å²) < 4.78 is 25.9. The molecule has 102 valence electrons. The first-order valence-corrected chi connectivity index (χ1v) is 6.63. The summed E-state index contributed by atoms with van der Waals surface area (Å²) in [6, 6.07) is 6.57. The van der Waals surface area contributed by atoms with Gasteiger partial charge < -0.3 is 5.11 Å². The van der Waals surface area contributed by atoms with E-state index < -0.39 is 22.0 Å².